The highest BCUT2D eigenvalue weighted by Gasteiger charge is 1.98. The zero-order valence-electron chi connectivity index (χ0n) is 9.53. The van der Waals surface area contributed by atoms with Gasteiger partial charge in [0.15, 0.2) is 0 Å². The summed E-state index contributed by atoms with van der Waals surface area (Å²) in [5.41, 5.74) is 0. The van der Waals surface area contributed by atoms with Crippen molar-refractivity contribution in [2.75, 3.05) is 13.3 Å². The van der Waals surface area contributed by atoms with Crippen molar-refractivity contribution in [3.8, 4) is 11.5 Å². The molecule has 90 valence electrons. The van der Waals surface area contributed by atoms with E-state index in [2.05, 4.69) is 0 Å². The highest BCUT2D eigenvalue weighted by Crippen LogP contribution is 2.24. The second-order valence-electron chi connectivity index (χ2n) is 3.94. The average Bonchev–Trinajstić information content (AvgIpc) is 2.35. The molecule has 0 heterocycles. The molecule has 0 amide bonds. The lowest BCUT2D eigenvalue weighted by molar-refractivity contribution is 0.298. The van der Waals surface area contributed by atoms with E-state index < -0.39 is 0 Å². The van der Waals surface area contributed by atoms with E-state index >= 15 is 0 Å². The number of hydrogen-bond donors (Lipinski definition) is 1. The zero-order chi connectivity index (χ0) is 12.1. The standard InChI is InChI=1S/C14H15FO2/c15-7-1-2-8-17-14-6-4-11-9-13(16)5-3-12(11)10-14/h3-6,9-10,16H,1-2,7-8H2. The summed E-state index contributed by atoms with van der Waals surface area (Å²) in [5.74, 6) is 1.04. The van der Waals surface area contributed by atoms with Crippen molar-refractivity contribution in [1.29, 1.82) is 0 Å². The number of rotatable bonds is 5. The van der Waals surface area contributed by atoms with Crippen LogP contribution in [0.2, 0.25) is 0 Å². The molecule has 0 spiro atoms. The van der Waals surface area contributed by atoms with Crippen LogP contribution in [0.4, 0.5) is 4.39 Å². The van der Waals surface area contributed by atoms with Gasteiger partial charge in [-0.2, -0.15) is 0 Å². The number of alkyl halides is 1. The molecule has 0 atom stereocenters. The minimum atomic E-state index is -0.291. The van der Waals surface area contributed by atoms with Crippen LogP contribution in [0.3, 0.4) is 0 Å². The van der Waals surface area contributed by atoms with Crippen molar-refractivity contribution in [3.63, 3.8) is 0 Å². The molecule has 0 bridgehead atoms. The highest BCUT2D eigenvalue weighted by molar-refractivity contribution is 5.85. The minimum absolute atomic E-state index is 0.258. The summed E-state index contributed by atoms with van der Waals surface area (Å²) in [7, 11) is 0. The first-order chi connectivity index (χ1) is 8.29. The van der Waals surface area contributed by atoms with Gasteiger partial charge in [0.05, 0.1) is 13.3 Å². The lowest BCUT2D eigenvalue weighted by atomic mass is 10.1. The van der Waals surface area contributed by atoms with Gasteiger partial charge in [-0.05, 0) is 47.9 Å². The quantitative estimate of drug-likeness (QED) is 0.800. The Hall–Kier alpha value is -1.77. The van der Waals surface area contributed by atoms with E-state index in [4.69, 9.17) is 4.74 Å². The first-order valence-electron chi connectivity index (χ1n) is 5.71. The molecule has 0 fully saturated rings. The molecule has 2 rings (SSSR count). The number of fused-ring (bicyclic) bond motifs is 1. The van der Waals surface area contributed by atoms with Crippen LogP contribution >= 0.6 is 0 Å². The molecule has 0 radical (unpaired) electrons. The molecule has 2 aromatic rings. The fraction of sp³-hybridized carbons (Fsp3) is 0.286. The molecule has 0 aliphatic rings. The molecule has 17 heavy (non-hydrogen) atoms. The topological polar surface area (TPSA) is 29.5 Å². The molecule has 0 saturated heterocycles. The van der Waals surface area contributed by atoms with Crippen molar-refractivity contribution < 1.29 is 14.2 Å². The van der Waals surface area contributed by atoms with Gasteiger partial charge in [-0.15, -0.1) is 0 Å². The van der Waals surface area contributed by atoms with Gasteiger partial charge in [0, 0.05) is 0 Å². The summed E-state index contributed by atoms with van der Waals surface area (Å²) in [4.78, 5) is 0. The summed E-state index contributed by atoms with van der Waals surface area (Å²) < 4.78 is 17.4. The Bertz CT molecular complexity index is 497. The second-order valence-corrected chi connectivity index (χ2v) is 3.94. The summed E-state index contributed by atoms with van der Waals surface area (Å²) in [5, 5.41) is 11.3. The normalized spacial score (nSPS) is 10.6. The number of hydrogen-bond acceptors (Lipinski definition) is 2. The smallest absolute Gasteiger partial charge is 0.119 e. The van der Waals surface area contributed by atoms with Crippen LogP contribution < -0.4 is 4.74 Å². The van der Waals surface area contributed by atoms with Crippen LogP contribution in [0.25, 0.3) is 10.8 Å². The van der Waals surface area contributed by atoms with Gasteiger partial charge >= 0.3 is 0 Å². The summed E-state index contributed by atoms with van der Waals surface area (Å²) in [6.45, 7) is 0.244. The predicted octanol–water partition coefficient (Wildman–Crippen LogP) is 3.67. The van der Waals surface area contributed by atoms with E-state index in [1.165, 1.54) is 0 Å². The fourth-order valence-corrected chi connectivity index (χ4v) is 1.69. The van der Waals surface area contributed by atoms with Crippen molar-refractivity contribution >= 4 is 10.8 Å². The molecule has 2 aromatic carbocycles. The van der Waals surface area contributed by atoms with Crippen molar-refractivity contribution in [2.24, 2.45) is 0 Å². The van der Waals surface area contributed by atoms with E-state index in [0.29, 0.717) is 13.0 Å². The van der Waals surface area contributed by atoms with E-state index in [9.17, 15) is 9.50 Å². The molecular weight excluding hydrogens is 219 g/mol. The van der Waals surface area contributed by atoms with Gasteiger partial charge in [0.2, 0.25) is 0 Å². The van der Waals surface area contributed by atoms with Gasteiger partial charge in [-0.3, -0.25) is 4.39 Å². The Balaban J connectivity index is 2.07. The van der Waals surface area contributed by atoms with Gasteiger partial charge in [0.1, 0.15) is 11.5 Å². The maximum Gasteiger partial charge on any atom is 0.119 e. The number of unbranched alkanes of at least 4 members (excludes halogenated alkanes) is 1. The maximum atomic E-state index is 11.9. The molecule has 0 aromatic heterocycles. The molecule has 0 aliphatic heterocycles. The lowest BCUT2D eigenvalue weighted by Crippen LogP contribution is -1.97. The molecule has 0 saturated carbocycles. The van der Waals surface area contributed by atoms with Crippen LogP contribution in [0.1, 0.15) is 12.8 Å². The third kappa shape index (κ3) is 3.09. The van der Waals surface area contributed by atoms with E-state index in [1.54, 1.807) is 12.1 Å². The molecular formula is C14H15FO2. The van der Waals surface area contributed by atoms with Crippen LogP contribution in [-0.2, 0) is 0 Å². The first-order valence-corrected chi connectivity index (χ1v) is 5.71. The summed E-state index contributed by atoms with van der Waals surface area (Å²) >= 11 is 0. The van der Waals surface area contributed by atoms with E-state index in [1.807, 2.05) is 24.3 Å². The van der Waals surface area contributed by atoms with E-state index in [0.717, 1.165) is 22.9 Å². The lowest BCUT2D eigenvalue weighted by Gasteiger charge is -2.06. The van der Waals surface area contributed by atoms with Crippen LogP contribution in [-0.4, -0.2) is 18.4 Å². The molecule has 0 unspecified atom stereocenters. The van der Waals surface area contributed by atoms with Crippen LogP contribution in [0.15, 0.2) is 36.4 Å². The Labute approximate surface area is 99.6 Å². The number of benzene rings is 2. The Kier molecular flexibility index (Phi) is 3.81. The molecule has 2 nitrogen and oxygen atoms in total. The molecule has 3 heteroatoms. The largest absolute Gasteiger partial charge is 0.508 e. The maximum absolute atomic E-state index is 11.9. The second kappa shape index (κ2) is 5.53. The van der Waals surface area contributed by atoms with Gasteiger partial charge in [0.25, 0.3) is 0 Å². The van der Waals surface area contributed by atoms with Crippen LogP contribution in [0, 0.1) is 0 Å². The van der Waals surface area contributed by atoms with E-state index in [-0.39, 0.29) is 12.4 Å². The average molecular weight is 234 g/mol. The Morgan fingerprint density at radius 3 is 2.59 bits per heavy atom. The van der Waals surface area contributed by atoms with Crippen molar-refractivity contribution in [2.45, 2.75) is 12.8 Å². The number of halogens is 1. The third-order valence-corrected chi connectivity index (χ3v) is 2.59. The first kappa shape index (κ1) is 11.7. The number of phenolic OH excluding ortho intramolecular Hbond substituents is 1. The Morgan fingerprint density at radius 2 is 1.76 bits per heavy atom. The monoisotopic (exact) mass is 234 g/mol. The SMILES string of the molecule is Oc1ccc2cc(OCCCCF)ccc2c1. The summed E-state index contributed by atoms with van der Waals surface area (Å²) in [6, 6.07) is 10.9. The number of phenols is 1. The van der Waals surface area contributed by atoms with Crippen molar-refractivity contribution in [3.05, 3.63) is 36.4 Å². The van der Waals surface area contributed by atoms with Gasteiger partial charge < -0.3 is 9.84 Å². The fourth-order valence-electron chi connectivity index (χ4n) is 1.69. The van der Waals surface area contributed by atoms with Gasteiger partial charge in [-0.25, -0.2) is 0 Å². The molecule has 1 N–H and O–H groups in total. The minimum Gasteiger partial charge on any atom is -0.508 e. The van der Waals surface area contributed by atoms with Crippen LogP contribution in [0.5, 0.6) is 11.5 Å². The molecule has 0 aliphatic carbocycles. The third-order valence-electron chi connectivity index (χ3n) is 2.59. The highest BCUT2D eigenvalue weighted by atomic mass is 19.1. The van der Waals surface area contributed by atoms with Gasteiger partial charge in [-0.1, -0.05) is 12.1 Å². The Morgan fingerprint density at radius 1 is 1.00 bits per heavy atom. The summed E-state index contributed by atoms with van der Waals surface area (Å²) in [6.07, 6.45) is 1.27. The predicted molar refractivity (Wildman–Crippen MR) is 66.3 cm³/mol. The zero-order valence-corrected chi connectivity index (χ0v) is 9.53. The number of aromatic hydroxyl groups is 1. The van der Waals surface area contributed by atoms with Crippen molar-refractivity contribution in [1.82, 2.24) is 0 Å². The number of ether oxygens (including phenoxy) is 1.